The Morgan fingerprint density at radius 3 is 1.86 bits per heavy atom. The summed E-state index contributed by atoms with van der Waals surface area (Å²) in [7, 11) is 4.67. The molecule has 2 saturated heterocycles. The number of hydrogen-bond acceptors (Lipinski definition) is 12. The molecule has 0 bridgehead atoms. The van der Waals surface area contributed by atoms with Crippen molar-refractivity contribution in [2.75, 3.05) is 73.7 Å². The predicted octanol–water partition coefficient (Wildman–Crippen LogP) is -2.00. The number of rotatable bonds is 12. The van der Waals surface area contributed by atoms with Gasteiger partial charge in [-0.1, -0.05) is 0 Å². The van der Waals surface area contributed by atoms with Crippen LogP contribution in [0.1, 0.15) is 18.4 Å². The first-order valence-corrected chi connectivity index (χ1v) is 13.8. The van der Waals surface area contributed by atoms with Gasteiger partial charge in [-0.15, -0.1) is 0 Å². The summed E-state index contributed by atoms with van der Waals surface area (Å²) < 4.78 is 16.0. The van der Waals surface area contributed by atoms with Gasteiger partial charge < -0.3 is 54.6 Å². The fourth-order valence-corrected chi connectivity index (χ4v) is 4.52. The van der Waals surface area contributed by atoms with E-state index in [-0.39, 0.29) is 11.8 Å². The first kappa shape index (κ1) is 35.7. The Morgan fingerprint density at radius 2 is 1.40 bits per heavy atom. The molecule has 15 heteroatoms. The molecule has 0 spiro atoms. The van der Waals surface area contributed by atoms with Crippen LogP contribution in [0.25, 0.3) is 6.08 Å². The van der Waals surface area contributed by atoms with Gasteiger partial charge in [0.25, 0.3) is 0 Å². The lowest BCUT2D eigenvalue weighted by Crippen LogP contribution is -2.51. The maximum atomic E-state index is 12.6. The second-order valence-corrected chi connectivity index (χ2v) is 10.00. The lowest BCUT2D eigenvalue weighted by atomic mass is 10.0. The molecule has 2 aliphatic rings. The second kappa shape index (κ2) is 17.6. The van der Waals surface area contributed by atoms with Crippen LogP contribution >= 0.6 is 0 Å². The van der Waals surface area contributed by atoms with Crippen molar-refractivity contribution < 1.29 is 59.2 Å². The van der Waals surface area contributed by atoms with E-state index in [0.29, 0.717) is 50.0 Å². The number of hydrogen-bond donors (Lipinski definition) is 6. The summed E-state index contributed by atoms with van der Waals surface area (Å²) in [4.78, 5) is 40.9. The van der Waals surface area contributed by atoms with Crippen LogP contribution in [0.15, 0.2) is 18.2 Å². The van der Waals surface area contributed by atoms with Crippen LogP contribution in [0, 0.1) is 0 Å². The number of nitrogens with zero attached hydrogens (tertiary/aromatic N) is 3. The molecule has 1 aromatic rings. The summed E-state index contributed by atoms with van der Waals surface area (Å²) >= 11 is 0. The van der Waals surface area contributed by atoms with E-state index in [1.807, 2.05) is 9.80 Å². The number of aliphatic carboxylic acids is 1. The summed E-state index contributed by atoms with van der Waals surface area (Å²) in [6.45, 7) is 4.02. The van der Waals surface area contributed by atoms with Crippen LogP contribution in [-0.2, 0) is 14.4 Å². The zero-order chi connectivity index (χ0) is 32.1. The maximum Gasteiger partial charge on any atom is 0.335 e. The normalized spacial score (nSPS) is 18.3. The largest absolute Gasteiger partial charge is 0.493 e. The lowest BCUT2D eigenvalue weighted by molar-refractivity contribution is -0.164. The number of piperazine rings is 1. The first-order chi connectivity index (χ1) is 20.5. The maximum absolute atomic E-state index is 12.6. The molecule has 0 radical (unpaired) electrons. The number of aliphatic hydroxyl groups excluding tert-OH is 5. The molecular weight excluding hydrogens is 570 g/mol. The Hall–Kier alpha value is -3.47. The Morgan fingerprint density at radius 1 is 0.837 bits per heavy atom. The van der Waals surface area contributed by atoms with E-state index in [0.717, 1.165) is 31.5 Å². The van der Waals surface area contributed by atoms with Gasteiger partial charge in [0.2, 0.25) is 17.6 Å². The van der Waals surface area contributed by atoms with Crippen molar-refractivity contribution in [2.24, 2.45) is 0 Å². The molecule has 0 unspecified atom stereocenters. The Labute approximate surface area is 250 Å². The fraction of sp³-hybridized carbons (Fsp3) is 0.607. The third-order valence-electron chi connectivity index (χ3n) is 7.11. The van der Waals surface area contributed by atoms with Crippen LogP contribution in [-0.4, -0.2) is 161 Å². The number of aliphatic hydroxyl groups is 5. The third-order valence-corrected chi connectivity index (χ3v) is 7.11. The molecule has 242 valence electrons. The smallest absolute Gasteiger partial charge is 0.335 e. The minimum atomic E-state index is -2.20. The van der Waals surface area contributed by atoms with Crippen molar-refractivity contribution in [1.82, 2.24) is 14.7 Å². The number of methoxy groups -OCH3 is 3. The molecule has 15 nitrogen and oxygen atoms in total. The van der Waals surface area contributed by atoms with Crippen LogP contribution in [0.4, 0.5) is 0 Å². The van der Waals surface area contributed by atoms with Crippen molar-refractivity contribution in [3.63, 3.8) is 0 Å². The molecule has 43 heavy (non-hydrogen) atoms. The molecule has 4 atom stereocenters. The van der Waals surface area contributed by atoms with Crippen molar-refractivity contribution in [2.45, 2.75) is 37.3 Å². The number of amides is 2. The van der Waals surface area contributed by atoms with Gasteiger partial charge in [0.05, 0.1) is 34.5 Å². The molecule has 2 heterocycles. The third kappa shape index (κ3) is 10.3. The summed E-state index contributed by atoms with van der Waals surface area (Å²) in [5.41, 5.74) is 0.785. The molecule has 0 aliphatic carbocycles. The highest BCUT2D eigenvalue weighted by Gasteiger charge is 2.34. The number of ether oxygens (including phenoxy) is 3. The van der Waals surface area contributed by atoms with E-state index >= 15 is 0 Å². The molecule has 2 amide bonds. The Balaban J connectivity index is 0.000000420. The highest BCUT2D eigenvalue weighted by Crippen LogP contribution is 2.38. The highest BCUT2D eigenvalue weighted by atomic mass is 16.5. The van der Waals surface area contributed by atoms with E-state index in [1.165, 1.54) is 0 Å². The van der Waals surface area contributed by atoms with Gasteiger partial charge in [-0.25, -0.2) is 4.79 Å². The quantitative estimate of drug-likeness (QED) is 0.141. The molecule has 0 saturated carbocycles. The van der Waals surface area contributed by atoms with Gasteiger partial charge in [-0.2, -0.15) is 0 Å². The van der Waals surface area contributed by atoms with Crippen LogP contribution in [0.2, 0.25) is 0 Å². The average Bonchev–Trinajstić information content (AvgIpc) is 3.57. The number of carboxylic acids is 1. The summed E-state index contributed by atoms with van der Waals surface area (Å²) in [6.07, 6.45) is -2.32. The average molecular weight is 614 g/mol. The van der Waals surface area contributed by atoms with Gasteiger partial charge in [-0.3, -0.25) is 14.5 Å². The lowest BCUT2D eigenvalue weighted by Gasteiger charge is -2.34. The molecule has 0 aromatic heterocycles. The number of benzene rings is 1. The molecule has 2 fully saturated rings. The molecule has 2 aliphatic heterocycles. The second-order valence-electron chi connectivity index (χ2n) is 10.00. The number of carboxylic acid groups (broad SMARTS) is 1. The molecular formula is C28H43N3O12. The number of carbonyl (C=O) groups excluding carboxylic acids is 2. The summed E-state index contributed by atoms with van der Waals surface area (Å²) in [5.74, 6) is 0.0316. The predicted molar refractivity (Wildman–Crippen MR) is 153 cm³/mol. The van der Waals surface area contributed by atoms with E-state index in [2.05, 4.69) is 4.90 Å². The van der Waals surface area contributed by atoms with E-state index < -0.39 is 37.0 Å². The van der Waals surface area contributed by atoms with Crippen LogP contribution in [0.3, 0.4) is 0 Å². The minimum absolute atomic E-state index is 0.0470. The van der Waals surface area contributed by atoms with Crippen molar-refractivity contribution >= 4 is 23.9 Å². The van der Waals surface area contributed by atoms with Gasteiger partial charge >= 0.3 is 5.97 Å². The Bertz CT molecular complexity index is 1060. The zero-order valence-electron chi connectivity index (χ0n) is 24.7. The van der Waals surface area contributed by atoms with Crippen LogP contribution in [0.5, 0.6) is 17.2 Å². The van der Waals surface area contributed by atoms with Crippen LogP contribution < -0.4 is 14.2 Å². The SMILES string of the molecule is COc1cc(/C=C/C(=O)N2CCN(CC(=O)N3CCCC3)CC2)cc(OC)c1OC.O=C(O)[C@H](O)[C@H](O)[C@H](O)[C@@H](O)CO. The Kier molecular flexibility index (Phi) is 14.6. The van der Waals surface area contributed by atoms with E-state index in [9.17, 15) is 14.4 Å². The fourth-order valence-electron chi connectivity index (χ4n) is 4.52. The number of carbonyl (C=O) groups is 3. The van der Waals surface area contributed by atoms with Crippen molar-refractivity contribution in [1.29, 1.82) is 0 Å². The summed E-state index contributed by atoms with van der Waals surface area (Å²) in [5, 5.41) is 51.8. The van der Waals surface area contributed by atoms with E-state index in [1.54, 1.807) is 45.6 Å². The van der Waals surface area contributed by atoms with E-state index in [4.69, 9.17) is 44.8 Å². The molecule has 3 rings (SSSR count). The van der Waals surface area contributed by atoms with Gasteiger partial charge in [-0.05, 0) is 36.6 Å². The molecule has 6 N–H and O–H groups in total. The monoisotopic (exact) mass is 613 g/mol. The van der Waals surface area contributed by atoms with Gasteiger partial charge in [0.15, 0.2) is 17.6 Å². The molecule has 1 aromatic carbocycles. The van der Waals surface area contributed by atoms with Gasteiger partial charge in [0, 0.05) is 45.3 Å². The highest BCUT2D eigenvalue weighted by molar-refractivity contribution is 5.92. The first-order valence-electron chi connectivity index (χ1n) is 13.8. The van der Waals surface area contributed by atoms with Gasteiger partial charge in [0.1, 0.15) is 18.3 Å². The minimum Gasteiger partial charge on any atom is -0.493 e. The zero-order valence-corrected chi connectivity index (χ0v) is 24.7. The van der Waals surface area contributed by atoms with Crippen molar-refractivity contribution in [3.8, 4) is 17.2 Å². The number of likely N-dealkylation sites (tertiary alicyclic amines) is 1. The van der Waals surface area contributed by atoms with Crippen molar-refractivity contribution in [3.05, 3.63) is 23.8 Å². The topological polar surface area (TPSA) is 210 Å². The summed E-state index contributed by atoms with van der Waals surface area (Å²) in [6, 6.07) is 3.60. The standard InChI is InChI=1S/C22H31N3O5.C6H12O7/c1-28-18-14-17(15-19(29-2)22(18)30-3)6-7-20(26)25-12-10-23(11-13-25)16-21(27)24-8-4-5-9-24;7-1-2(8)3(9)4(10)5(11)6(12)13/h6-7,14-15H,4-5,8-13,16H2,1-3H3;2-5,7-11H,1H2,(H,12,13)/b7-6+;/t;2-,3+,4+,5+/m.0/s1.